The Morgan fingerprint density at radius 1 is 1.35 bits per heavy atom. The predicted octanol–water partition coefficient (Wildman–Crippen LogP) is 0.901. The number of hydrogen-bond acceptors (Lipinski definition) is 3. The van der Waals surface area contributed by atoms with E-state index in [9.17, 15) is 4.39 Å². The molecule has 2 unspecified atom stereocenters. The maximum absolute atomic E-state index is 13.2. The van der Waals surface area contributed by atoms with Crippen LogP contribution in [0.25, 0.3) is 0 Å². The fraction of sp³-hybridized carbons (Fsp3) is 0.538. The quantitative estimate of drug-likeness (QED) is 0.821. The minimum atomic E-state index is -0.174. The van der Waals surface area contributed by atoms with Gasteiger partial charge in [-0.25, -0.2) is 4.39 Å². The molecule has 0 amide bonds. The average Bonchev–Trinajstić information content (AvgIpc) is 2.28. The summed E-state index contributed by atoms with van der Waals surface area (Å²) in [6, 6.07) is 6.99. The average molecular weight is 237 g/mol. The number of likely N-dealkylation sites (tertiary alicyclic amines) is 1. The van der Waals surface area contributed by atoms with Crippen LogP contribution in [0.15, 0.2) is 24.3 Å². The number of rotatable bonds is 3. The van der Waals surface area contributed by atoms with Crippen LogP contribution in [-0.4, -0.2) is 37.1 Å². The molecular weight excluding hydrogens is 217 g/mol. The molecule has 0 aromatic heterocycles. The Morgan fingerprint density at radius 3 is 2.88 bits per heavy atom. The number of halogens is 1. The molecule has 0 bridgehead atoms. The van der Waals surface area contributed by atoms with Crippen LogP contribution in [0, 0.1) is 5.82 Å². The van der Waals surface area contributed by atoms with Crippen molar-refractivity contribution in [3.63, 3.8) is 0 Å². The minimum absolute atomic E-state index is 0.156. The Morgan fingerprint density at radius 2 is 2.18 bits per heavy atom. The molecule has 17 heavy (non-hydrogen) atoms. The molecule has 0 aliphatic carbocycles. The van der Waals surface area contributed by atoms with Gasteiger partial charge in [-0.2, -0.15) is 0 Å². The number of piperidine rings is 1. The Kier molecular flexibility index (Phi) is 4.10. The van der Waals surface area contributed by atoms with Crippen LogP contribution in [0.4, 0.5) is 4.39 Å². The third-order valence-electron chi connectivity index (χ3n) is 3.32. The summed E-state index contributed by atoms with van der Waals surface area (Å²) in [6.07, 6.45) is 0.921. The molecule has 1 fully saturated rings. The molecule has 1 aromatic rings. The highest BCUT2D eigenvalue weighted by Gasteiger charge is 2.25. The van der Waals surface area contributed by atoms with Crippen molar-refractivity contribution in [1.29, 1.82) is 0 Å². The summed E-state index contributed by atoms with van der Waals surface area (Å²) in [4.78, 5) is 2.27. The van der Waals surface area contributed by atoms with Crippen LogP contribution in [0.2, 0.25) is 0 Å². The summed E-state index contributed by atoms with van der Waals surface area (Å²) in [5, 5.41) is 0. The van der Waals surface area contributed by atoms with E-state index >= 15 is 0 Å². The van der Waals surface area contributed by atoms with Crippen molar-refractivity contribution in [1.82, 2.24) is 4.90 Å². The molecule has 1 saturated heterocycles. The SMILES string of the molecule is NCCN1CC(N)CC(c2cccc(F)c2)C1. The Hall–Kier alpha value is -0.970. The zero-order valence-corrected chi connectivity index (χ0v) is 9.98. The molecule has 2 atom stereocenters. The first kappa shape index (κ1) is 12.5. The number of nitrogens with zero attached hydrogens (tertiary/aromatic N) is 1. The zero-order valence-electron chi connectivity index (χ0n) is 9.98. The van der Waals surface area contributed by atoms with Crippen LogP contribution in [0.5, 0.6) is 0 Å². The lowest BCUT2D eigenvalue weighted by atomic mass is 9.88. The summed E-state index contributed by atoms with van der Waals surface area (Å²) in [5.74, 6) is 0.146. The maximum atomic E-state index is 13.2. The van der Waals surface area contributed by atoms with E-state index in [1.54, 1.807) is 12.1 Å². The summed E-state index contributed by atoms with van der Waals surface area (Å²) in [5.41, 5.74) is 12.7. The van der Waals surface area contributed by atoms with Gasteiger partial charge in [0, 0.05) is 32.2 Å². The second-order valence-electron chi connectivity index (χ2n) is 4.80. The molecule has 3 nitrogen and oxygen atoms in total. The highest BCUT2D eigenvalue weighted by atomic mass is 19.1. The number of benzene rings is 1. The Labute approximate surface area is 102 Å². The summed E-state index contributed by atoms with van der Waals surface area (Å²) < 4.78 is 13.2. The van der Waals surface area contributed by atoms with E-state index in [1.165, 1.54) is 6.07 Å². The molecule has 0 spiro atoms. The first-order valence-electron chi connectivity index (χ1n) is 6.12. The fourth-order valence-corrected chi connectivity index (χ4v) is 2.60. The van der Waals surface area contributed by atoms with E-state index in [4.69, 9.17) is 11.5 Å². The number of nitrogens with two attached hydrogens (primary N) is 2. The van der Waals surface area contributed by atoms with Crippen molar-refractivity contribution in [3.8, 4) is 0 Å². The molecule has 1 aliphatic rings. The molecule has 94 valence electrons. The lowest BCUT2D eigenvalue weighted by Gasteiger charge is -2.36. The summed E-state index contributed by atoms with van der Waals surface area (Å²) >= 11 is 0. The fourth-order valence-electron chi connectivity index (χ4n) is 2.60. The van der Waals surface area contributed by atoms with Crippen molar-refractivity contribution in [2.24, 2.45) is 11.5 Å². The van der Waals surface area contributed by atoms with Crippen molar-refractivity contribution in [3.05, 3.63) is 35.6 Å². The Balaban J connectivity index is 2.09. The van der Waals surface area contributed by atoms with Crippen molar-refractivity contribution >= 4 is 0 Å². The smallest absolute Gasteiger partial charge is 0.123 e. The normalized spacial score (nSPS) is 26.1. The van der Waals surface area contributed by atoms with Gasteiger partial charge in [0.2, 0.25) is 0 Å². The predicted molar refractivity (Wildman–Crippen MR) is 67.2 cm³/mol. The van der Waals surface area contributed by atoms with Crippen LogP contribution in [0.1, 0.15) is 17.9 Å². The maximum Gasteiger partial charge on any atom is 0.123 e. The molecule has 1 aliphatic heterocycles. The third-order valence-corrected chi connectivity index (χ3v) is 3.32. The van der Waals surface area contributed by atoms with Crippen molar-refractivity contribution < 1.29 is 4.39 Å². The topological polar surface area (TPSA) is 55.3 Å². The molecule has 1 heterocycles. The van der Waals surface area contributed by atoms with Gasteiger partial charge in [0.1, 0.15) is 5.82 Å². The van der Waals surface area contributed by atoms with Crippen LogP contribution < -0.4 is 11.5 Å². The van der Waals surface area contributed by atoms with Gasteiger partial charge in [-0.3, -0.25) is 4.90 Å². The van der Waals surface area contributed by atoms with E-state index in [1.807, 2.05) is 6.07 Å². The standard InChI is InChI=1S/C13H20FN3/c14-12-3-1-2-10(6-12)11-7-13(16)9-17(8-11)5-4-15/h1-3,6,11,13H,4-5,7-9,15-16H2. The van der Waals surface area contributed by atoms with Crippen LogP contribution in [-0.2, 0) is 0 Å². The molecule has 0 saturated carbocycles. The lowest BCUT2D eigenvalue weighted by Crippen LogP contribution is -2.47. The number of hydrogen-bond donors (Lipinski definition) is 2. The van der Waals surface area contributed by atoms with E-state index in [0.29, 0.717) is 12.5 Å². The molecule has 2 rings (SSSR count). The van der Waals surface area contributed by atoms with Gasteiger partial charge in [-0.1, -0.05) is 12.1 Å². The van der Waals surface area contributed by atoms with Gasteiger partial charge in [0.25, 0.3) is 0 Å². The van der Waals surface area contributed by atoms with Crippen molar-refractivity contribution in [2.75, 3.05) is 26.2 Å². The van der Waals surface area contributed by atoms with Crippen molar-refractivity contribution in [2.45, 2.75) is 18.4 Å². The first-order valence-corrected chi connectivity index (χ1v) is 6.12. The zero-order chi connectivity index (χ0) is 12.3. The van der Waals surface area contributed by atoms with Gasteiger partial charge in [0.15, 0.2) is 0 Å². The molecule has 4 heteroatoms. The monoisotopic (exact) mass is 237 g/mol. The van der Waals surface area contributed by atoms with E-state index in [-0.39, 0.29) is 11.9 Å². The van der Waals surface area contributed by atoms with Crippen LogP contribution in [0.3, 0.4) is 0 Å². The lowest BCUT2D eigenvalue weighted by molar-refractivity contribution is 0.193. The van der Waals surface area contributed by atoms with Gasteiger partial charge >= 0.3 is 0 Å². The molecule has 4 N–H and O–H groups in total. The third kappa shape index (κ3) is 3.25. The van der Waals surface area contributed by atoms with Crippen LogP contribution >= 0.6 is 0 Å². The Bertz CT molecular complexity index is 369. The van der Waals surface area contributed by atoms with Gasteiger partial charge in [-0.05, 0) is 30.0 Å². The van der Waals surface area contributed by atoms with E-state index in [2.05, 4.69) is 4.90 Å². The molecular formula is C13H20FN3. The summed E-state index contributed by atoms with van der Waals surface area (Å²) in [6.45, 7) is 3.32. The summed E-state index contributed by atoms with van der Waals surface area (Å²) in [7, 11) is 0. The highest BCUT2D eigenvalue weighted by molar-refractivity contribution is 5.22. The van der Waals surface area contributed by atoms with E-state index < -0.39 is 0 Å². The van der Waals surface area contributed by atoms with Gasteiger partial charge < -0.3 is 11.5 Å². The second kappa shape index (κ2) is 5.58. The minimum Gasteiger partial charge on any atom is -0.329 e. The second-order valence-corrected chi connectivity index (χ2v) is 4.80. The van der Waals surface area contributed by atoms with E-state index in [0.717, 1.165) is 31.6 Å². The highest BCUT2D eigenvalue weighted by Crippen LogP contribution is 2.26. The largest absolute Gasteiger partial charge is 0.329 e. The van der Waals surface area contributed by atoms with Gasteiger partial charge in [0.05, 0.1) is 0 Å². The first-order chi connectivity index (χ1) is 8.19. The molecule has 1 aromatic carbocycles. The van der Waals surface area contributed by atoms with Gasteiger partial charge in [-0.15, -0.1) is 0 Å². The molecule has 0 radical (unpaired) electrons.